The van der Waals surface area contributed by atoms with E-state index in [2.05, 4.69) is 57.9 Å². The summed E-state index contributed by atoms with van der Waals surface area (Å²) in [6, 6.07) is 10.6. The minimum atomic E-state index is 0.590. The maximum atomic E-state index is 5.72. The summed E-state index contributed by atoms with van der Waals surface area (Å²) in [5.74, 6) is 1.46. The first kappa shape index (κ1) is 21.7. The van der Waals surface area contributed by atoms with Crippen molar-refractivity contribution < 1.29 is 9.47 Å². The summed E-state index contributed by atoms with van der Waals surface area (Å²) < 4.78 is 11.1. The summed E-state index contributed by atoms with van der Waals surface area (Å²) in [6.45, 7) is 7.17. The molecule has 152 valence electrons. The number of nitrogens with one attached hydrogen (secondary N) is 2. The molecule has 2 rings (SSSR count). The molecule has 1 fully saturated rings. The monoisotopic (exact) mass is 376 g/mol. The van der Waals surface area contributed by atoms with Crippen LogP contribution in [0.4, 0.5) is 0 Å². The predicted molar refractivity (Wildman–Crippen MR) is 111 cm³/mol. The molecule has 0 aromatic heterocycles. The number of guanidine groups is 1. The van der Waals surface area contributed by atoms with Gasteiger partial charge in [0.05, 0.1) is 13.2 Å². The molecule has 1 heterocycles. The van der Waals surface area contributed by atoms with Gasteiger partial charge in [-0.1, -0.05) is 30.3 Å². The van der Waals surface area contributed by atoms with Crippen LogP contribution < -0.4 is 10.6 Å². The quantitative estimate of drug-likeness (QED) is 0.332. The maximum absolute atomic E-state index is 5.72. The Bertz CT molecular complexity index is 518. The smallest absolute Gasteiger partial charge is 0.190 e. The number of nitrogens with zero attached hydrogens (tertiary/aromatic N) is 2. The SMILES string of the molecule is CN=C(NCCCOCC1CCOC1)NCCCN(C)Cc1ccccc1. The zero-order valence-electron chi connectivity index (χ0n) is 17.0. The Labute approximate surface area is 164 Å². The first-order chi connectivity index (χ1) is 13.3. The number of aliphatic imine (C=N–C) groups is 1. The second-order valence-electron chi connectivity index (χ2n) is 7.16. The van der Waals surface area contributed by atoms with Gasteiger partial charge in [-0.3, -0.25) is 4.99 Å². The summed E-state index contributed by atoms with van der Waals surface area (Å²) in [5.41, 5.74) is 1.35. The zero-order chi connectivity index (χ0) is 19.2. The molecular formula is C21H36N4O2. The zero-order valence-corrected chi connectivity index (χ0v) is 17.0. The fraction of sp³-hybridized carbons (Fsp3) is 0.667. The van der Waals surface area contributed by atoms with Gasteiger partial charge >= 0.3 is 0 Å². The molecule has 1 aromatic rings. The molecule has 2 N–H and O–H groups in total. The summed E-state index contributed by atoms with van der Waals surface area (Å²) in [7, 11) is 3.98. The van der Waals surface area contributed by atoms with Gasteiger partial charge in [0.15, 0.2) is 5.96 Å². The lowest BCUT2D eigenvalue weighted by Crippen LogP contribution is -2.39. The van der Waals surface area contributed by atoms with Crippen LogP contribution in [0.15, 0.2) is 35.3 Å². The standard InChI is InChI=1S/C21H36N4O2/c1-22-21(24-12-7-14-26-17-20-10-15-27-18-20)23-11-6-13-25(2)16-19-8-4-3-5-9-19/h3-5,8-9,20H,6-7,10-18H2,1-2H3,(H2,22,23,24). The Morgan fingerprint density at radius 3 is 2.70 bits per heavy atom. The minimum absolute atomic E-state index is 0.590. The van der Waals surface area contributed by atoms with Crippen molar-refractivity contribution in [2.75, 3.05) is 60.2 Å². The third-order valence-electron chi connectivity index (χ3n) is 4.66. The van der Waals surface area contributed by atoms with E-state index in [0.29, 0.717) is 5.92 Å². The van der Waals surface area contributed by atoms with Gasteiger partial charge in [0, 0.05) is 45.8 Å². The fourth-order valence-corrected chi connectivity index (χ4v) is 3.10. The predicted octanol–water partition coefficient (Wildman–Crippen LogP) is 2.12. The van der Waals surface area contributed by atoms with E-state index in [-0.39, 0.29) is 0 Å². The molecule has 1 atom stereocenters. The first-order valence-corrected chi connectivity index (χ1v) is 10.1. The van der Waals surface area contributed by atoms with Gasteiger partial charge in [-0.2, -0.15) is 0 Å². The van der Waals surface area contributed by atoms with Gasteiger partial charge in [-0.15, -0.1) is 0 Å². The van der Waals surface area contributed by atoms with E-state index < -0.39 is 0 Å². The normalized spacial score (nSPS) is 17.4. The van der Waals surface area contributed by atoms with Gasteiger partial charge in [0.25, 0.3) is 0 Å². The molecule has 0 radical (unpaired) electrons. The molecule has 1 unspecified atom stereocenters. The summed E-state index contributed by atoms with van der Waals surface area (Å²) in [5, 5.41) is 6.73. The van der Waals surface area contributed by atoms with Crippen molar-refractivity contribution in [1.29, 1.82) is 0 Å². The van der Waals surface area contributed by atoms with Crippen molar-refractivity contribution in [2.24, 2.45) is 10.9 Å². The molecule has 1 aliphatic heterocycles. The van der Waals surface area contributed by atoms with Crippen molar-refractivity contribution in [3.63, 3.8) is 0 Å². The van der Waals surface area contributed by atoms with Gasteiger partial charge in [0.2, 0.25) is 0 Å². The van der Waals surface area contributed by atoms with E-state index in [0.717, 1.165) is 77.8 Å². The Morgan fingerprint density at radius 2 is 2.00 bits per heavy atom. The van der Waals surface area contributed by atoms with Crippen LogP contribution in [-0.4, -0.2) is 71.0 Å². The van der Waals surface area contributed by atoms with Crippen LogP contribution in [0.3, 0.4) is 0 Å². The molecule has 1 aromatic carbocycles. The van der Waals surface area contributed by atoms with Gasteiger partial charge in [0.1, 0.15) is 0 Å². The van der Waals surface area contributed by atoms with Gasteiger partial charge < -0.3 is 25.0 Å². The van der Waals surface area contributed by atoms with E-state index >= 15 is 0 Å². The molecule has 0 saturated carbocycles. The largest absolute Gasteiger partial charge is 0.381 e. The van der Waals surface area contributed by atoms with Crippen LogP contribution in [0.1, 0.15) is 24.8 Å². The molecule has 1 aliphatic rings. The first-order valence-electron chi connectivity index (χ1n) is 10.1. The Morgan fingerprint density at radius 1 is 1.22 bits per heavy atom. The van der Waals surface area contributed by atoms with Crippen LogP contribution in [0, 0.1) is 5.92 Å². The molecule has 0 spiro atoms. The lowest BCUT2D eigenvalue weighted by molar-refractivity contribution is 0.0888. The Kier molecular flexibility index (Phi) is 10.9. The van der Waals surface area contributed by atoms with E-state index in [9.17, 15) is 0 Å². The second kappa shape index (κ2) is 13.5. The van der Waals surface area contributed by atoms with Crippen molar-refractivity contribution in [3.05, 3.63) is 35.9 Å². The topological polar surface area (TPSA) is 58.1 Å². The van der Waals surface area contributed by atoms with Gasteiger partial charge in [-0.05, 0) is 38.4 Å². The number of rotatable bonds is 12. The summed E-state index contributed by atoms with van der Waals surface area (Å²) in [4.78, 5) is 6.62. The fourth-order valence-electron chi connectivity index (χ4n) is 3.10. The maximum Gasteiger partial charge on any atom is 0.190 e. The average Bonchev–Trinajstić information content (AvgIpc) is 3.20. The van der Waals surface area contributed by atoms with E-state index in [1.807, 2.05) is 7.05 Å². The van der Waals surface area contributed by atoms with Crippen molar-refractivity contribution in [1.82, 2.24) is 15.5 Å². The third kappa shape index (κ3) is 9.75. The third-order valence-corrected chi connectivity index (χ3v) is 4.66. The van der Waals surface area contributed by atoms with Crippen LogP contribution in [0.2, 0.25) is 0 Å². The highest BCUT2D eigenvalue weighted by Crippen LogP contribution is 2.12. The number of benzene rings is 1. The molecule has 27 heavy (non-hydrogen) atoms. The Hall–Kier alpha value is -1.63. The molecule has 6 heteroatoms. The molecule has 6 nitrogen and oxygen atoms in total. The second-order valence-corrected chi connectivity index (χ2v) is 7.16. The minimum Gasteiger partial charge on any atom is -0.381 e. The summed E-state index contributed by atoms with van der Waals surface area (Å²) >= 11 is 0. The van der Waals surface area contributed by atoms with E-state index in [4.69, 9.17) is 9.47 Å². The lowest BCUT2D eigenvalue weighted by Gasteiger charge is -2.17. The van der Waals surface area contributed by atoms with Crippen LogP contribution in [0.5, 0.6) is 0 Å². The van der Waals surface area contributed by atoms with Crippen molar-refractivity contribution in [2.45, 2.75) is 25.8 Å². The molecule has 0 amide bonds. The number of hydrogen-bond acceptors (Lipinski definition) is 4. The van der Waals surface area contributed by atoms with E-state index in [1.54, 1.807) is 0 Å². The van der Waals surface area contributed by atoms with E-state index in [1.165, 1.54) is 5.56 Å². The number of hydrogen-bond donors (Lipinski definition) is 2. The molecular weight excluding hydrogens is 340 g/mol. The van der Waals surface area contributed by atoms with Crippen LogP contribution >= 0.6 is 0 Å². The summed E-state index contributed by atoms with van der Waals surface area (Å²) in [6.07, 6.45) is 3.19. The number of ether oxygens (including phenoxy) is 2. The molecule has 0 bridgehead atoms. The average molecular weight is 377 g/mol. The van der Waals surface area contributed by atoms with Crippen LogP contribution in [-0.2, 0) is 16.0 Å². The lowest BCUT2D eigenvalue weighted by atomic mass is 10.1. The van der Waals surface area contributed by atoms with Crippen LogP contribution in [0.25, 0.3) is 0 Å². The van der Waals surface area contributed by atoms with Crippen molar-refractivity contribution >= 4 is 5.96 Å². The highest BCUT2D eigenvalue weighted by Gasteiger charge is 2.15. The highest BCUT2D eigenvalue weighted by atomic mass is 16.5. The highest BCUT2D eigenvalue weighted by molar-refractivity contribution is 5.79. The van der Waals surface area contributed by atoms with Gasteiger partial charge in [-0.25, -0.2) is 0 Å². The Balaban J connectivity index is 1.45. The molecule has 0 aliphatic carbocycles. The van der Waals surface area contributed by atoms with Crippen molar-refractivity contribution in [3.8, 4) is 0 Å². The molecule has 1 saturated heterocycles.